The van der Waals surface area contributed by atoms with Gasteiger partial charge in [0.2, 0.25) is 0 Å². The summed E-state index contributed by atoms with van der Waals surface area (Å²) in [6, 6.07) is 39.0. The van der Waals surface area contributed by atoms with Crippen molar-refractivity contribution in [3.8, 4) is 0 Å². The van der Waals surface area contributed by atoms with Crippen LogP contribution in [0, 0.1) is 0 Å². The molecule has 1 fully saturated rings. The maximum Gasteiger partial charge on any atom is 0.338 e. The minimum Gasteiger partial charge on any atom is -0.452 e. The fourth-order valence-electron chi connectivity index (χ4n) is 4.99. The van der Waals surface area contributed by atoms with E-state index in [4.69, 9.17) is 23.7 Å². The van der Waals surface area contributed by atoms with E-state index < -0.39 is 35.8 Å². The third kappa shape index (κ3) is 9.02. The Morgan fingerprint density at radius 1 is 0.651 bits per heavy atom. The Morgan fingerprint density at radius 3 is 1.67 bits per heavy atom. The molecule has 1 saturated heterocycles. The fraction of sp³-hybridized carbons (Fsp3) is 0.306. The molecule has 6 nitrogen and oxygen atoms in total. The number of hydrogen-bond donors (Lipinski definition) is 0. The Labute approximate surface area is 258 Å². The quantitative estimate of drug-likeness (QED) is 0.144. The second kappa shape index (κ2) is 16.4. The molecule has 7 heteroatoms. The van der Waals surface area contributed by atoms with E-state index in [9.17, 15) is 4.79 Å². The number of hydrogen-bond acceptors (Lipinski definition) is 7. The standard InChI is InChI=1S/C36H38O6S/c1-2-43-36-34(42-35(37)30-21-13-6-14-22-30)33(40-25-29-19-11-5-12-20-29)32(39-24-28-17-9-4-10-18-28)31(41-36)26-38-23-27-15-7-3-8-16-27/h3-22,31-34,36H,2,23-26H2,1H3. The molecule has 224 valence electrons. The number of carbonyl (C=O) groups excluding carboxylic acids is 1. The Kier molecular flexibility index (Phi) is 11.8. The second-order valence-corrected chi connectivity index (χ2v) is 11.6. The number of benzene rings is 4. The molecule has 5 unspecified atom stereocenters. The van der Waals surface area contributed by atoms with Crippen LogP contribution in [0.1, 0.15) is 34.0 Å². The van der Waals surface area contributed by atoms with Crippen molar-refractivity contribution in [3.63, 3.8) is 0 Å². The maximum atomic E-state index is 13.4. The lowest BCUT2D eigenvalue weighted by atomic mass is 9.98. The van der Waals surface area contributed by atoms with Gasteiger partial charge in [-0.15, -0.1) is 11.8 Å². The van der Waals surface area contributed by atoms with E-state index >= 15 is 0 Å². The zero-order valence-corrected chi connectivity index (χ0v) is 25.1. The summed E-state index contributed by atoms with van der Waals surface area (Å²) < 4.78 is 32.3. The van der Waals surface area contributed by atoms with E-state index in [1.165, 1.54) is 0 Å². The first-order valence-corrected chi connectivity index (χ1v) is 15.7. The van der Waals surface area contributed by atoms with E-state index in [1.54, 1.807) is 23.9 Å². The molecule has 5 rings (SSSR count). The van der Waals surface area contributed by atoms with Crippen molar-refractivity contribution in [3.05, 3.63) is 144 Å². The Balaban J connectivity index is 1.43. The van der Waals surface area contributed by atoms with Crippen LogP contribution >= 0.6 is 11.8 Å². The number of rotatable bonds is 14. The molecule has 0 saturated carbocycles. The molecule has 5 atom stereocenters. The van der Waals surface area contributed by atoms with E-state index in [0.717, 1.165) is 22.4 Å². The average Bonchev–Trinajstić information content (AvgIpc) is 3.06. The van der Waals surface area contributed by atoms with Crippen molar-refractivity contribution >= 4 is 17.7 Å². The highest BCUT2D eigenvalue weighted by molar-refractivity contribution is 7.99. The molecule has 1 aliphatic rings. The first-order valence-electron chi connectivity index (χ1n) is 14.7. The molecule has 4 aromatic carbocycles. The molecular formula is C36H38O6S. The molecule has 1 heterocycles. The summed E-state index contributed by atoms with van der Waals surface area (Å²) in [5.41, 5.74) is 3.11. The number of thioether (sulfide) groups is 1. The lowest BCUT2D eigenvalue weighted by molar-refractivity contribution is -0.242. The van der Waals surface area contributed by atoms with Gasteiger partial charge >= 0.3 is 5.97 Å². The summed E-state index contributed by atoms with van der Waals surface area (Å²) >= 11 is 1.58. The normalized spacial score (nSPS) is 21.7. The van der Waals surface area contributed by atoms with Crippen LogP contribution in [0.5, 0.6) is 0 Å². The minimum absolute atomic E-state index is 0.291. The van der Waals surface area contributed by atoms with Crippen molar-refractivity contribution in [1.29, 1.82) is 0 Å². The van der Waals surface area contributed by atoms with Gasteiger partial charge in [-0.3, -0.25) is 0 Å². The molecule has 0 aromatic heterocycles. The number of ether oxygens (including phenoxy) is 5. The fourth-order valence-corrected chi connectivity index (χ4v) is 5.94. The highest BCUT2D eigenvalue weighted by Crippen LogP contribution is 2.35. The van der Waals surface area contributed by atoms with Crippen molar-refractivity contribution in [1.82, 2.24) is 0 Å². The second-order valence-electron chi connectivity index (χ2n) is 10.3. The number of esters is 1. The summed E-state index contributed by atoms with van der Waals surface area (Å²) in [6.07, 6.45) is -2.35. The monoisotopic (exact) mass is 598 g/mol. The summed E-state index contributed by atoms with van der Waals surface area (Å²) in [5, 5.41) is 0. The Morgan fingerprint density at radius 2 is 1.14 bits per heavy atom. The minimum atomic E-state index is -0.715. The van der Waals surface area contributed by atoms with Crippen molar-refractivity contribution < 1.29 is 28.5 Å². The zero-order chi connectivity index (χ0) is 29.7. The molecule has 4 aromatic rings. The van der Waals surface area contributed by atoms with Crippen molar-refractivity contribution in [2.24, 2.45) is 0 Å². The predicted octanol–water partition coefficient (Wildman–Crippen LogP) is 7.08. The van der Waals surface area contributed by atoms with Crippen molar-refractivity contribution in [2.45, 2.75) is 56.6 Å². The summed E-state index contributed by atoms with van der Waals surface area (Å²) in [7, 11) is 0. The highest BCUT2D eigenvalue weighted by Gasteiger charge is 2.50. The Bertz CT molecular complexity index is 1360. The molecule has 1 aliphatic heterocycles. The van der Waals surface area contributed by atoms with Gasteiger partial charge in [0.15, 0.2) is 6.10 Å². The topological polar surface area (TPSA) is 63.2 Å². The van der Waals surface area contributed by atoms with Crippen molar-refractivity contribution in [2.75, 3.05) is 12.4 Å². The molecule has 0 radical (unpaired) electrons. The molecular weight excluding hydrogens is 560 g/mol. The van der Waals surface area contributed by atoms with Gasteiger partial charge in [0.25, 0.3) is 0 Å². The van der Waals surface area contributed by atoms with Gasteiger partial charge in [-0.1, -0.05) is 116 Å². The summed E-state index contributed by atoms with van der Waals surface area (Å²) in [6.45, 7) is 3.47. The summed E-state index contributed by atoms with van der Waals surface area (Å²) in [4.78, 5) is 13.4. The van der Waals surface area contributed by atoms with E-state index in [-0.39, 0.29) is 0 Å². The first-order chi connectivity index (χ1) is 21.2. The van der Waals surface area contributed by atoms with E-state index in [1.807, 2.05) is 109 Å². The smallest absolute Gasteiger partial charge is 0.338 e. The van der Waals surface area contributed by atoms with Gasteiger partial charge in [0.05, 0.1) is 32.0 Å². The van der Waals surface area contributed by atoms with Crippen LogP contribution in [0.3, 0.4) is 0 Å². The SMILES string of the molecule is CCSC1OC(COCc2ccccc2)C(OCc2ccccc2)C(OCc2ccccc2)C1OC(=O)c1ccccc1. The third-order valence-corrected chi connectivity index (χ3v) is 8.18. The molecule has 43 heavy (non-hydrogen) atoms. The van der Waals surface area contributed by atoms with Crippen LogP contribution in [0.15, 0.2) is 121 Å². The largest absolute Gasteiger partial charge is 0.452 e. The zero-order valence-electron chi connectivity index (χ0n) is 24.3. The summed E-state index contributed by atoms with van der Waals surface area (Å²) in [5.74, 6) is 0.340. The Hall–Kier alpha value is -3.46. The van der Waals surface area contributed by atoms with Gasteiger partial charge in [0.1, 0.15) is 23.7 Å². The van der Waals surface area contributed by atoms with Gasteiger partial charge in [0, 0.05) is 0 Å². The first kappa shape index (κ1) is 31.0. The van der Waals surface area contributed by atoms with Crippen LogP contribution in [0.4, 0.5) is 0 Å². The molecule has 0 N–H and O–H groups in total. The lowest BCUT2D eigenvalue weighted by Crippen LogP contribution is -2.60. The lowest BCUT2D eigenvalue weighted by Gasteiger charge is -2.45. The van der Waals surface area contributed by atoms with Crippen LogP contribution in [-0.2, 0) is 43.5 Å². The third-order valence-electron chi connectivity index (χ3n) is 7.14. The van der Waals surface area contributed by atoms with Crippen LogP contribution in [0.25, 0.3) is 0 Å². The van der Waals surface area contributed by atoms with Gasteiger partial charge in [-0.2, -0.15) is 0 Å². The highest BCUT2D eigenvalue weighted by atomic mass is 32.2. The van der Waals surface area contributed by atoms with Crippen LogP contribution in [-0.4, -0.2) is 48.2 Å². The van der Waals surface area contributed by atoms with Gasteiger partial charge < -0.3 is 23.7 Å². The maximum absolute atomic E-state index is 13.4. The molecule has 0 amide bonds. The van der Waals surface area contributed by atoms with Crippen LogP contribution in [0.2, 0.25) is 0 Å². The molecule has 0 aliphatic carbocycles. The van der Waals surface area contributed by atoms with E-state index in [2.05, 4.69) is 6.92 Å². The van der Waals surface area contributed by atoms with Gasteiger partial charge in [-0.05, 0) is 34.6 Å². The van der Waals surface area contributed by atoms with E-state index in [0.29, 0.717) is 32.0 Å². The number of carbonyl (C=O) groups is 1. The van der Waals surface area contributed by atoms with Gasteiger partial charge in [-0.25, -0.2) is 4.79 Å². The van der Waals surface area contributed by atoms with Crippen LogP contribution < -0.4 is 0 Å². The molecule has 0 spiro atoms. The average molecular weight is 599 g/mol. The predicted molar refractivity (Wildman–Crippen MR) is 169 cm³/mol. The molecule has 0 bridgehead atoms.